The summed E-state index contributed by atoms with van der Waals surface area (Å²) in [6.45, 7) is 3.23. The van der Waals surface area contributed by atoms with Crippen molar-refractivity contribution in [2.24, 2.45) is 10.8 Å². The fraction of sp³-hybridized carbons (Fsp3) is 0.727. The van der Waals surface area contributed by atoms with Gasteiger partial charge in [-0.2, -0.15) is 0 Å². The summed E-state index contributed by atoms with van der Waals surface area (Å²) < 4.78 is 5.20. The van der Waals surface area contributed by atoms with E-state index in [0.717, 1.165) is 0 Å². The molecule has 1 aliphatic heterocycles. The number of halogens is 1. The Morgan fingerprint density at radius 2 is 2.06 bits per heavy atom. The first-order chi connectivity index (χ1) is 7.76. The number of esters is 1. The Balaban J connectivity index is 2.70. The van der Waals surface area contributed by atoms with E-state index in [-0.39, 0.29) is 24.0 Å². The minimum absolute atomic E-state index is 0.0156. The van der Waals surface area contributed by atoms with Crippen LogP contribution in [0.2, 0.25) is 0 Å². The first-order valence-electron chi connectivity index (χ1n) is 5.32. The molecule has 1 heterocycles. The van der Waals surface area contributed by atoms with Gasteiger partial charge in [-0.05, 0) is 6.42 Å². The molecule has 2 aliphatic rings. The van der Waals surface area contributed by atoms with E-state index in [9.17, 15) is 19.5 Å². The van der Waals surface area contributed by atoms with Gasteiger partial charge < -0.3 is 9.84 Å². The fourth-order valence-electron chi connectivity index (χ4n) is 3.03. The van der Waals surface area contributed by atoms with Crippen molar-refractivity contribution in [1.82, 2.24) is 0 Å². The smallest absolute Gasteiger partial charge is 0.325 e. The van der Waals surface area contributed by atoms with E-state index >= 15 is 0 Å². The van der Waals surface area contributed by atoms with Crippen LogP contribution in [-0.2, 0) is 19.1 Å². The maximum absolute atomic E-state index is 12.0. The lowest BCUT2D eigenvalue weighted by Crippen LogP contribution is -2.61. The number of carboxylic acids is 1. The van der Waals surface area contributed by atoms with Crippen molar-refractivity contribution in [3.8, 4) is 0 Å². The number of hydrogen-bond donors (Lipinski definition) is 1. The Kier molecular flexibility index (Phi) is 2.44. The normalized spacial score (nSPS) is 39.0. The number of carboxylic acid groups (broad SMARTS) is 1. The first-order valence-corrected chi connectivity index (χ1v) is 6.44. The Morgan fingerprint density at radius 3 is 2.53 bits per heavy atom. The van der Waals surface area contributed by atoms with Gasteiger partial charge in [-0.25, -0.2) is 0 Å². The quantitative estimate of drug-likeness (QED) is 0.470. The summed E-state index contributed by atoms with van der Waals surface area (Å²) >= 11 is 3.18. The van der Waals surface area contributed by atoms with Gasteiger partial charge in [0.25, 0.3) is 0 Å². The van der Waals surface area contributed by atoms with E-state index in [2.05, 4.69) is 15.9 Å². The molecule has 0 radical (unpaired) electrons. The maximum Gasteiger partial charge on any atom is 0.325 e. The average Bonchev–Trinajstić information content (AvgIpc) is 2.33. The lowest BCUT2D eigenvalue weighted by atomic mass is 9.53. The van der Waals surface area contributed by atoms with Gasteiger partial charge in [-0.15, -0.1) is 0 Å². The molecule has 0 aromatic rings. The second kappa shape index (κ2) is 3.31. The van der Waals surface area contributed by atoms with Gasteiger partial charge in [0, 0.05) is 11.8 Å². The minimum Gasteiger partial charge on any atom is -0.480 e. The Hall–Kier alpha value is -0.910. The summed E-state index contributed by atoms with van der Waals surface area (Å²) in [6, 6.07) is 0. The van der Waals surface area contributed by atoms with E-state index in [1.807, 2.05) is 0 Å². The number of carbonyl (C=O) groups excluding carboxylic acids is 2. The van der Waals surface area contributed by atoms with E-state index in [4.69, 9.17) is 4.74 Å². The standard InChI is InChI=1S/C11H13BrO5/c1-9(2)10(7(14)15)4-3-6(13)11(9,5-12)17-8(10)16/h3-5H2,1-2H3,(H,14,15)/t10-,11+/m1/s1. The largest absolute Gasteiger partial charge is 0.480 e. The third-order valence-corrected chi connectivity index (χ3v) is 5.21. The van der Waals surface area contributed by atoms with Crippen molar-refractivity contribution in [3.05, 3.63) is 0 Å². The van der Waals surface area contributed by atoms with Gasteiger partial charge in [-0.3, -0.25) is 14.4 Å². The van der Waals surface area contributed by atoms with Crippen LogP contribution in [0.15, 0.2) is 0 Å². The molecule has 5 nitrogen and oxygen atoms in total. The highest BCUT2D eigenvalue weighted by Crippen LogP contribution is 2.62. The molecule has 1 saturated heterocycles. The third kappa shape index (κ3) is 1.07. The van der Waals surface area contributed by atoms with E-state index in [1.165, 1.54) is 0 Å². The zero-order chi connectivity index (χ0) is 13.1. The summed E-state index contributed by atoms with van der Waals surface area (Å²) in [4.78, 5) is 35.5. The van der Waals surface area contributed by atoms with Crippen LogP contribution in [0.1, 0.15) is 26.7 Å². The first kappa shape index (κ1) is 12.5. The van der Waals surface area contributed by atoms with Crippen molar-refractivity contribution < 1.29 is 24.2 Å². The number of hydrogen-bond acceptors (Lipinski definition) is 4. The van der Waals surface area contributed by atoms with E-state index in [1.54, 1.807) is 13.8 Å². The maximum atomic E-state index is 12.0. The lowest BCUT2D eigenvalue weighted by molar-refractivity contribution is -0.165. The molecule has 1 saturated carbocycles. The highest BCUT2D eigenvalue weighted by Gasteiger charge is 2.78. The third-order valence-electron chi connectivity index (χ3n) is 4.42. The molecular formula is C11H13BrO5. The number of ether oxygens (including phenoxy) is 1. The van der Waals surface area contributed by atoms with Gasteiger partial charge in [0.05, 0.1) is 5.33 Å². The van der Waals surface area contributed by atoms with Crippen molar-refractivity contribution in [1.29, 1.82) is 0 Å². The number of alkyl halides is 1. The van der Waals surface area contributed by atoms with Crippen LogP contribution in [0, 0.1) is 10.8 Å². The van der Waals surface area contributed by atoms with E-state index < -0.39 is 28.4 Å². The monoisotopic (exact) mass is 304 g/mol. The van der Waals surface area contributed by atoms with Crippen molar-refractivity contribution >= 4 is 33.7 Å². The lowest BCUT2D eigenvalue weighted by Gasteiger charge is -2.45. The molecule has 94 valence electrons. The van der Waals surface area contributed by atoms with Crippen molar-refractivity contribution in [3.63, 3.8) is 0 Å². The van der Waals surface area contributed by atoms with Crippen LogP contribution in [0.4, 0.5) is 0 Å². The summed E-state index contributed by atoms with van der Waals surface area (Å²) in [6.07, 6.45) is 0.0782. The number of aliphatic carboxylic acids is 1. The molecular weight excluding hydrogens is 292 g/mol. The molecule has 1 aliphatic carbocycles. The summed E-state index contributed by atoms with van der Waals surface area (Å²) in [5.74, 6) is -2.20. The van der Waals surface area contributed by atoms with Crippen LogP contribution in [-0.4, -0.2) is 33.8 Å². The molecule has 17 heavy (non-hydrogen) atoms. The van der Waals surface area contributed by atoms with Crippen molar-refractivity contribution in [2.75, 3.05) is 5.33 Å². The predicted molar refractivity (Wildman–Crippen MR) is 60.7 cm³/mol. The van der Waals surface area contributed by atoms with Crippen LogP contribution in [0.3, 0.4) is 0 Å². The number of fused-ring (bicyclic) bond motifs is 2. The highest BCUT2D eigenvalue weighted by molar-refractivity contribution is 9.09. The molecule has 2 atom stereocenters. The zero-order valence-electron chi connectivity index (χ0n) is 9.58. The molecule has 0 unspecified atom stereocenters. The Morgan fingerprint density at radius 1 is 1.47 bits per heavy atom. The van der Waals surface area contributed by atoms with Crippen LogP contribution < -0.4 is 0 Å². The molecule has 0 aromatic heterocycles. The zero-order valence-corrected chi connectivity index (χ0v) is 11.2. The highest BCUT2D eigenvalue weighted by atomic mass is 79.9. The SMILES string of the molecule is CC1(C)[C@@]2(C(=O)O)CCC(=O)[C@]1(CBr)OC2=O. The summed E-state index contributed by atoms with van der Waals surface area (Å²) in [7, 11) is 0. The molecule has 0 spiro atoms. The van der Waals surface area contributed by atoms with Crippen LogP contribution in [0.25, 0.3) is 0 Å². The Labute approximate surface area is 107 Å². The molecule has 2 bridgehead atoms. The molecule has 0 amide bonds. The van der Waals surface area contributed by atoms with Crippen LogP contribution in [0.5, 0.6) is 0 Å². The van der Waals surface area contributed by atoms with Crippen LogP contribution >= 0.6 is 15.9 Å². The molecule has 2 rings (SSSR count). The number of ketones is 1. The molecule has 2 fully saturated rings. The second-order valence-corrected chi connectivity index (χ2v) is 5.67. The Bertz CT molecular complexity index is 430. The second-order valence-electron chi connectivity index (χ2n) is 5.11. The number of rotatable bonds is 2. The van der Waals surface area contributed by atoms with Gasteiger partial charge in [0.15, 0.2) is 16.8 Å². The molecule has 1 N–H and O–H groups in total. The van der Waals surface area contributed by atoms with Crippen molar-refractivity contribution in [2.45, 2.75) is 32.3 Å². The predicted octanol–water partition coefficient (Wildman–Crippen LogP) is 1.14. The fourth-order valence-corrected chi connectivity index (χ4v) is 4.15. The summed E-state index contributed by atoms with van der Waals surface area (Å²) in [5.41, 5.74) is -4.00. The topological polar surface area (TPSA) is 80.7 Å². The molecule has 0 aromatic carbocycles. The van der Waals surface area contributed by atoms with Gasteiger partial charge in [0.1, 0.15) is 0 Å². The molecule has 6 heteroatoms. The summed E-state index contributed by atoms with van der Waals surface area (Å²) in [5, 5.41) is 9.52. The number of Topliss-reactive ketones (excluding diaryl/α,β-unsaturated/α-hetero) is 1. The average molecular weight is 305 g/mol. The van der Waals surface area contributed by atoms with Gasteiger partial charge >= 0.3 is 11.9 Å². The minimum atomic E-state index is -1.60. The van der Waals surface area contributed by atoms with E-state index in [0.29, 0.717) is 0 Å². The van der Waals surface area contributed by atoms with Gasteiger partial charge in [-0.1, -0.05) is 29.8 Å². The number of carbonyl (C=O) groups is 3. The van der Waals surface area contributed by atoms with Gasteiger partial charge in [0.2, 0.25) is 0 Å².